The molecule has 0 saturated heterocycles. The van der Waals surface area contributed by atoms with Gasteiger partial charge in [0.25, 0.3) is 11.8 Å². The maximum absolute atomic E-state index is 13.8. The summed E-state index contributed by atoms with van der Waals surface area (Å²) in [4.78, 5) is 28.4. The standard InChI is InChI=1S/C30H28ClFN2O3/c1-19-11-12-30(17-19)13-14-34(26-6-4-3-5-21(26)18-30)29(36)20-7-10-25(27(15-20)37-2)33-28(35)23-16-22(32)8-9-24(23)31/h3-10,15-16H,1,11-14,17-18H2,2H3,(H,33,35)/t30-/m1/s1. The number of anilines is 2. The highest BCUT2D eigenvalue weighted by molar-refractivity contribution is 6.34. The first kappa shape index (κ1) is 25.0. The van der Waals surface area contributed by atoms with Crippen LogP contribution in [0.3, 0.4) is 0 Å². The Morgan fingerprint density at radius 1 is 1.08 bits per heavy atom. The second-order valence-electron chi connectivity index (χ2n) is 9.93. The third-order valence-corrected chi connectivity index (χ3v) is 7.79. The van der Waals surface area contributed by atoms with E-state index in [1.165, 1.54) is 30.4 Å². The third-order valence-electron chi connectivity index (χ3n) is 7.46. The van der Waals surface area contributed by atoms with Crippen molar-refractivity contribution in [2.24, 2.45) is 5.41 Å². The molecule has 0 aromatic heterocycles. The highest BCUT2D eigenvalue weighted by Crippen LogP contribution is 2.49. The molecule has 1 aliphatic carbocycles. The Balaban J connectivity index is 1.42. The fourth-order valence-electron chi connectivity index (χ4n) is 5.55. The molecule has 190 valence electrons. The smallest absolute Gasteiger partial charge is 0.258 e. The van der Waals surface area contributed by atoms with Gasteiger partial charge in [-0.05, 0) is 85.5 Å². The molecule has 1 saturated carbocycles. The molecule has 2 aliphatic rings. The number of rotatable bonds is 4. The predicted molar refractivity (Wildman–Crippen MR) is 144 cm³/mol. The minimum Gasteiger partial charge on any atom is -0.495 e. The van der Waals surface area contributed by atoms with Crippen LogP contribution in [0.15, 0.2) is 72.8 Å². The number of carbonyl (C=O) groups is 2. The zero-order chi connectivity index (χ0) is 26.2. The summed E-state index contributed by atoms with van der Waals surface area (Å²) in [5.41, 5.74) is 4.34. The second kappa shape index (κ2) is 10.0. The molecule has 2 amide bonds. The van der Waals surface area contributed by atoms with Gasteiger partial charge in [-0.15, -0.1) is 0 Å². The number of allylic oxidation sites excluding steroid dienone is 1. The van der Waals surface area contributed by atoms with Crippen LogP contribution in [0.5, 0.6) is 5.75 Å². The summed E-state index contributed by atoms with van der Waals surface area (Å²) in [6, 6.07) is 16.6. The van der Waals surface area contributed by atoms with Gasteiger partial charge in [-0.3, -0.25) is 9.59 Å². The van der Waals surface area contributed by atoms with Gasteiger partial charge in [0.2, 0.25) is 0 Å². The number of nitrogens with one attached hydrogen (secondary N) is 1. The van der Waals surface area contributed by atoms with Gasteiger partial charge < -0.3 is 15.0 Å². The van der Waals surface area contributed by atoms with Crippen molar-refractivity contribution < 1.29 is 18.7 Å². The van der Waals surface area contributed by atoms with Crippen LogP contribution in [0.25, 0.3) is 0 Å². The van der Waals surface area contributed by atoms with Crippen molar-refractivity contribution in [1.82, 2.24) is 0 Å². The Morgan fingerprint density at radius 2 is 1.89 bits per heavy atom. The maximum atomic E-state index is 13.8. The first-order valence-corrected chi connectivity index (χ1v) is 12.7. The number of hydrogen-bond acceptors (Lipinski definition) is 3. The molecule has 1 fully saturated rings. The number of ether oxygens (including phenoxy) is 1. The summed E-state index contributed by atoms with van der Waals surface area (Å²) in [5.74, 6) is -0.959. The van der Waals surface area contributed by atoms with Crippen molar-refractivity contribution in [3.63, 3.8) is 0 Å². The van der Waals surface area contributed by atoms with E-state index in [4.69, 9.17) is 16.3 Å². The van der Waals surface area contributed by atoms with E-state index in [0.29, 0.717) is 23.5 Å². The molecule has 1 N–H and O–H groups in total. The number of benzene rings is 3. The topological polar surface area (TPSA) is 58.6 Å². The quantitative estimate of drug-likeness (QED) is 0.376. The van der Waals surface area contributed by atoms with E-state index >= 15 is 0 Å². The van der Waals surface area contributed by atoms with Crippen molar-refractivity contribution in [3.05, 3.63) is 100 Å². The van der Waals surface area contributed by atoms with E-state index in [2.05, 4.69) is 18.0 Å². The van der Waals surface area contributed by atoms with E-state index in [1.807, 2.05) is 23.1 Å². The van der Waals surface area contributed by atoms with Crippen molar-refractivity contribution >= 4 is 34.8 Å². The molecule has 0 unspecified atom stereocenters. The molecular formula is C30H28ClFN2O3. The lowest BCUT2D eigenvalue weighted by Gasteiger charge is -2.27. The molecule has 3 aromatic rings. The van der Waals surface area contributed by atoms with Crippen molar-refractivity contribution in [2.45, 2.75) is 32.1 Å². The van der Waals surface area contributed by atoms with Gasteiger partial charge in [-0.2, -0.15) is 0 Å². The zero-order valence-corrected chi connectivity index (χ0v) is 21.4. The first-order chi connectivity index (χ1) is 17.8. The van der Waals surface area contributed by atoms with Gasteiger partial charge in [0, 0.05) is 17.8 Å². The summed E-state index contributed by atoms with van der Waals surface area (Å²) in [6.45, 7) is 4.83. The van der Waals surface area contributed by atoms with Gasteiger partial charge in [0.05, 0.1) is 23.4 Å². The first-order valence-electron chi connectivity index (χ1n) is 12.3. The van der Waals surface area contributed by atoms with Crippen LogP contribution in [0.4, 0.5) is 15.8 Å². The summed E-state index contributed by atoms with van der Waals surface area (Å²) >= 11 is 6.08. The molecule has 5 nitrogen and oxygen atoms in total. The van der Waals surface area contributed by atoms with E-state index in [-0.39, 0.29) is 21.9 Å². The van der Waals surface area contributed by atoms with Crippen LogP contribution in [-0.2, 0) is 6.42 Å². The van der Waals surface area contributed by atoms with Crippen LogP contribution < -0.4 is 15.0 Å². The lowest BCUT2D eigenvalue weighted by atomic mass is 9.77. The fraction of sp³-hybridized carbons (Fsp3) is 0.267. The number of halogens is 2. The fourth-order valence-corrected chi connectivity index (χ4v) is 5.76. The second-order valence-corrected chi connectivity index (χ2v) is 10.3. The number of para-hydroxylation sites is 1. The highest BCUT2D eigenvalue weighted by atomic mass is 35.5. The van der Waals surface area contributed by atoms with Crippen molar-refractivity contribution in [2.75, 3.05) is 23.9 Å². The molecular weight excluding hydrogens is 491 g/mol. The molecule has 5 rings (SSSR count). The van der Waals surface area contributed by atoms with Crippen LogP contribution in [0.2, 0.25) is 5.02 Å². The Bertz CT molecular complexity index is 1410. The Hall–Kier alpha value is -3.64. The van der Waals surface area contributed by atoms with E-state index < -0.39 is 11.7 Å². The van der Waals surface area contributed by atoms with Gasteiger partial charge >= 0.3 is 0 Å². The molecule has 0 bridgehead atoms. The summed E-state index contributed by atoms with van der Waals surface area (Å²) < 4.78 is 19.1. The SMILES string of the molecule is C=C1CC[C@@]2(CCN(C(=O)c3ccc(NC(=O)c4cc(F)ccc4Cl)c(OC)c3)c3ccccc3C2)C1. The van der Waals surface area contributed by atoms with Gasteiger partial charge in [-0.25, -0.2) is 4.39 Å². The van der Waals surface area contributed by atoms with E-state index in [0.717, 1.165) is 43.9 Å². The van der Waals surface area contributed by atoms with E-state index in [1.54, 1.807) is 18.2 Å². The molecule has 0 radical (unpaired) electrons. The minimum atomic E-state index is -0.577. The maximum Gasteiger partial charge on any atom is 0.258 e. The molecule has 37 heavy (non-hydrogen) atoms. The number of methoxy groups -OCH3 is 1. The average Bonchev–Trinajstić information content (AvgIpc) is 3.17. The minimum absolute atomic E-state index is 0.00794. The Labute approximate surface area is 220 Å². The predicted octanol–water partition coefficient (Wildman–Crippen LogP) is 7.06. The number of carbonyl (C=O) groups excluding carboxylic acids is 2. The van der Waals surface area contributed by atoms with Gasteiger partial charge in [-0.1, -0.05) is 42.0 Å². The number of amides is 2. The number of fused-ring (bicyclic) bond motifs is 1. The molecule has 1 aliphatic heterocycles. The van der Waals surface area contributed by atoms with Crippen molar-refractivity contribution in [1.29, 1.82) is 0 Å². The molecule has 3 aromatic carbocycles. The van der Waals surface area contributed by atoms with Gasteiger partial charge in [0.15, 0.2) is 0 Å². The average molecular weight is 519 g/mol. The monoisotopic (exact) mass is 518 g/mol. The normalized spacial score (nSPS) is 18.9. The molecule has 7 heteroatoms. The summed E-state index contributed by atoms with van der Waals surface area (Å²) in [5, 5.41) is 2.84. The zero-order valence-electron chi connectivity index (χ0n) is 20.7. The van der Waals surface area contributed by atoms with Crippen LogP contribution >= 0.6 is 11.6 Å². The van der Waals surface area contributed by atoms with Crippen LogP contribution in [-0.4, -0.2) is 25.5 Å². The van der Waals surface area contributed by atoms with E-state index in [9.17, 15) is 14.0 Å². The lowest BCUT2D eigenvalue weighted by Crippen LogP contribution is -2.33. The molecule has 1 spiro atoms. The molecule has 1 atom stereocenters. The van der Waals surface area contributed by atoms with Gasteiger partial charge in [0.1, 0.15) is 11.6 Å². The third kappa shape index (κ3) is 4.98. The van der Waals surface area contributed by atoms with Crippen LogP contribution in [0, 0.1) is 11.2 Å². The van der Waals surface area contributed by atoms with Crippen molar-refractivity contribution in [3.8, 4) is 5.75 Å². The summed E-state index contributed by atoms with van der Waals surface area (Å²) in [6.07, 6.45) is 4.98. The lowest BCUT2D eigenvalue weighted by molar-refractivity contribution is 0.0983. The Morgan fingerprint density at radius 3 is 2.65 bits per heavy atom. The number of hydrogen-bond donors (Lipinski definition) is 1. The summed E-state index contributed by atoms with van der Waals surface area (Å²) in [7, 11) is 1.46. The molecule has 1 heterocycles. The Kier molecular flexibility index (Phi) is 6.78. The van der Waals surface area contributed by atoms with Crippen LogP contribution in [0.1, 0.15) is 52.0 Å². The number of nitrogens with zero attached hydrogens (tertiary/aromatic N) is 1. The highest BCUT2D eigenvalue weighted by Gasteiger charge is 2.39. The largest absolute Gasteiger partial charge is 0.495 e.